The summed E-state index contributed by atoms with van der Waals surface area (Å²) < 4.78 is 5.90. The summed E-state index contributed by atoms with van der Waals surface area (Å²) in [5.74, 6) is 1.81. The van der Waals surface area contributed by atoms with E-state index in [4.69, 9.17) is 4.74 Å². The maximum atomic E-state index is 5.90. The number of alkyl halides is 1. The SMILES string of the molecule is CCCc1ccc(Oc2ccccc2CBr)cc1. The van der Waals surface area contributed by atoms with Crippen LogP contribution in [0.1, 0.15) is 24.5 Å². The number of aryl methyl sites for hydroxylation is 1. The lowest BCUT2D eigenvalue weighted by Crippen LogP contribution is -1.89. The second kappa shape index (κ2) is 6.60. The Morgan fingerprint density at radius 2 is 1.72 bits per heavy atom. The zero-order chi connectivity index (χ0) is 12.8. The van der Waals surface area contributed by atoms with Gasteiger partial charge in [-0.1, -0.05) is 59.6 Å². The van der Waals surface area contributed by atoms with Crippen molar-refractivity contribution < 1.29 is 4.74 Å². The third-order valence-corrected chi connectivity index (χ3v) is 3.41. The van der Waals surface area contributed by atoms with Crippen molar-refractivity contribution in [2.45, 2.75) is 25.1 Å². The Hall–Kier alpha value is -1.28. The quantitative estimate of drug-likeness (QED) is 0.679. The van der Waals surface area contributed by atoms with Crippen molar-refractivity contribution in [2.75, 3.05) is 0 Å². The largest absolute Gasteiger partial charge is 0.457 e. The molecule has 0 saturated heterocycles. The highest BCUT2D eigenvalue weighted by atomic mass is 79.9. The summed E-state index contributed by atoms with van der Waals surface area (Å²) in [5, 5.41) is 0.803. The van der Waals surface area contributed by atoms with E-state index in [1.807, 2.05) is 30.3 Å². The van der Waals surface area contributed by atoms with E-state index in [1.54, 1.807) is 0 Å². The lowest BCUT2D eigenvalue weighted by molar-refractivity contribution is 0.478. The lowest BCUT2D eigenvalue weighted by atomic mass is 10.1. The van der Waals surface area contributed by atoms with Gasteiger partial charge in [-0.15, -0.1) is 0 Å². The molecule has 0 N–H and O–H groups in total. The van der Waals surface area contributed by atoms with Gasteiger partial charge in [-0.2, -0.15) is 0 Å². The smallest absolute Gasteiger partial charge is 0.131 e. The Kier molecular flexibility index (Phi) is 4.82. The third-order valence-electron chi connectivity index (χ3n) is 2.81. The van der Waals surface area contributed by atoms with E-state index in [1.165, 1.54) is 12.0 Å². The van der Waals surface area contributed by atoms with Crippen molar-refractivity contribution >= 4 is 15.9 Å². The number of ether oxygens (including phenoxy) is 1. The number of rotatable bonds is 5. The number of hydrogen-bond donors (Lipinski definition) is 0. The summed E-state index contributed by atoms with van der Waals surface area (Å²) in [7, 11) is 0. The molecule has 18 heavy (non-hydrogen) atoms. The van der Waals surface area contributed by atoms with Crippen molar-refractivity contribution in [3.8, 4) is 11.5 Å². The van der Waals surface area contributed by atoms with Crippen LogP contribution in [0.2, 0.25) is 0 Å². The van der Waals surface area contributed by atoms with Gasteiger partial charge in [0.05, 0.1) is 0 Å². The number of benzene rings is 2. The Morgan fingerprint density at radius 1 is 1.00 bits per heavy atom. The minimum absolute atomic E-state index is 0.803. The highest BCUT2D eigenvalue weighted by Crippen LogP contribution is 2.27. The molecule has 0 aliphatic heterocycles. The second-order valence-corrected chi connectivity index (χ2v) is 4.80. The van der Waals surface area contributed by atoms with Gasteiger partial charge in [0.2, 0.25) is 0 Å². The minimum Gasteiger partial charge on any atom is -0.457 e. The van der Waals surface area contributed by atoms with Crippen LogP contribution in [0.3, 0.4) is 0 Å². The van der Waals surface area contributed by atoms with E-state index >= 15 is 0 Å². The predicted molar refractivity (Wildman–Crippen MR) is 79.6 cm³/mol. The van der Waals surface area contributed by atoms with E-state index in [9.17, 15) is 0 Å². The molecule has 2 aromatic rings. The van der Waals surface area contributed by atoms with Crippen LogP contribution in [0.25, 0.3) is 0 Å². The molecule has 2 heteroatoms. The Balaban J connectivity index is 2.13. The van der Waals surface area contributed by atoms with E-state index in [0.717, 1.165) is 28.8 Å². The molecule has 0 bridgehead atoms. The first-order valence-corrected chi connectivity index (χ1v) is 7.36. The van der Waals surface area contributed by atoms with Crippen LogP contribution in [0.4, 0.5) is 0 Å². The lowest BCUT2D eigenvalue weighted by Gasteiger charge is -2.09. The molecule has 2 rings (SSSR count). The number of para-hydroxylation sites is 1. The van der Waals surface area contributed by atoms with Crippen molar-refractivity contribution in [1.29, 1.82) is 0 Å². The molecule has 0 aliphatic rings. The Bertz CT molecular complexity index is 491. The third kappa shape index (κ3) is 3.36. The fourth-order valence-corrected chi connectivity index (χ4v) is 2.32. The average Bonchev–Trinajstić information content (AvgIpc) is 2.42. The van der Waals surface area contributed by atoms with E-state index in [-0.39, 0.29) is 0 Å². The van der Waals surface area contributed by atoms with E-state index < -0.39 is 0 Å². The molecule has 0 radical (unpaired) electrons. The topological polar surface area (TPSA) is 9.23 Å². The molecular formula is C16H17BrO. The normalized spacial score (nSPS) is 10.3. The maximum Gasteiger partial charge on any atom is 0.131 e. The van der Waals surface area contributed by atoms with Gasteiger partial charge in [-0.05, 0) is 30.2 Å². The van der Waals surface area contributed by atoms with Crippen molar-refractivity contribution in [2.24, 2.45) is 0 Å². The van der Waals surface area contributed by atoms with Crippen molar-refractivity contribution in [3.63, 3.8) is 0 Å². The summed E-state index contributed by atoms with van der Waals surface area (Å²) in [6.07, 6.45) is 2.30. The van der Waals surface area contributed by atoms with Gasteiger partial charge >= 0.3 is 0 Å². The van der Waals surface area contributed by atoms with Crippen LogP contribution in [-0.4, -0.2) is 0 Å². The zero-order valence-electron chi connectivity index (χ0n) is 10.5. The summed E-state index contributed by atoms with van der Waals surface area (Å²) in [6, 6.07) is 16.4. The van der Waals surface area contributed by atoms with Gasteiger partial charge in [0.15, 0.2) is 0 Å². The van der Waals surface area contributed by atoms with Gasteiger partial charge < -0.3 is 4.74 Å². The molecule has 0 fully saturated rings. The molecular weight excluding hydrogens is 288 g/mol. The molecule has 0 saturated carbocycles. The number of hydrogen-bond acceptors (Lipinski definition) is 1. The van der Waals surface area contributed by atoms with E-state index in [0.29, 0.717) is 0 Å². The highest BCUT2D eigenvalue weighted by molar-refractivity contribution is 9.08. The van der Waals surface area contributed by atoms with Crippen LogP contribution >= 0.6 is 15.9 Å². The van der Waals surface area contributed by atoms with Gasteiger partial charge in [-0.3, -0.25) is 0 Å². The summed E-state index contributed by atoms with van der Waals surface area (Å²) in [4.78, 5) is 0. The predicted octanol–water partition coefficient (Wildman–Crippen LogP) is 5.33. The molecule has 0 spiro atoms. The molecule has 0 unspecified atom stereocenters. The van der Waals surface area contributed by atoms with Gasteiger partial charge in [0.1, 0.15) is 11.5 Å². The first kappa shape index (κ1) is 13.2. The van der Waals surface area contributed by atoms with Gasteiger partial charge in [0, 0.05) is 10.9 Å². The van der Waals surface area contributed by atoms with Crippen LogP contribution < -0.4 is 4.74 Å². The van der Waals surface area contributed by atoms with Crippen LogP contribution in [-0.2, 0) is 11.8 Å². The van der Waals surface area contributed by atoms with Crippen molar-refractivity contribution in [1.82, 2.24) is 0 Å². The maximum absolute atomic E-state index is 5.90. The molecule has 94 valence electrons. The zero-order valence-corrected chi connectivity index (χ0v) is 12.1. The van der Waals surface area contributed by atoms with Crippen LogP contribution in [0.15, 0.2) is 48.5 Å². The van der Waals surface area contributed by atoms with Crippen LogP contribution in [0.5, 0.6) is 11.5 Å². The van der Waals surface area contributed by atoms with Crippen LogP contribution in [0, 0.1) is 0 Å². The fraction of sp³-hybridized carbons (Fsp3) is 0.250. The molecule has 0 aliphatic carbocycles. The second-order valence-electron chi connectivity index (χ2n) is 4.24. The molecule has 0 amide bonds. The van der Waals surface area contributed by atoms with E-state index in [2.05, 4.69) is 41.1 Å². The number of halogens is 1. The molecule has 2 aromatic carbocycles. The Morgan fingerprint density at radius 3 is 2.39 bits per heavy atom. The van der Waals surface area contributed by atoms with Crippen molar-refractivity contribution in [3.05, 3.63) is 59.7 Å². The standard InChI is InChI=1S/C16H17BrO/c1-2-5-13-8-10-15(11-9-13)18-16-7-4-3-6-14(16)12-17/h3-4,6-11H,2,5,12H2,1H3. The Labute approximate surface area is 117 Å². The average molecular weight is 305 g/mol. The first-order valence-electron chi connectivity index (χ1n) is 6.24. The van der Waals surface area contributed by atoms with Gasteiger partial charge in [0.25, 0.3) is 0 Å². The van der Waals surface area contributed by atoms with Gasteiger partial charge in [-0.25, -0.2) is 0 Å². The first-order chi connectivity index (χ1) is 8.83. The molecule has 0 aromatic heterocycles. The molecule has 0 heterocycles. The molecule has 0 atom stereocenters. The fourth-order valence-electron chi connectivity index (χ4n) is 1.85. The monoisotopic (exact) mass is 304 g/mol. The summed E-state index contributed by atoms with van der Waals surface area (Å²) >= 11 is 3.47. The summed E-state index contributed by atoms with van der Waals surface area (Å²) in [5.41, 5.74) is 2.52. The summed E-state index contributed by atoms with van der Waals surface area (Å²) in [6.45, 7) is 2.19. The molecule has 1 nitrogen and oxygen atoms in total. The minimum atomic E-state index is 0.803. The highest BCUT2D eigenvalue weighted by Gasteiger charge is 2.02.